The third-order valence-electron chi connectivity index (χ3n) is 5.49. The Hall–Kier alpha value is -3.00. The van der Waals surface area contributed by atoms with E-state index in [4.69, 9.17) is 9.47 Å². The minimum atomic E-state index is -0.650. The van der Waals surface area contributed by atoms with Crippen molar-refractivity contribution in [2.45, 2.75) is 20.1 Å². The molecule has 1 saturated heterocycles. The van der Waals surface area contributed by atoms with Gasteiger partial charge in [-0.15, -0.1) is 0 Å². The number of aliphatic hydroxyl groups excluding tert-OH is 1. The summed E-state index contributed by atoms with van der Waals surface area (Å²) < 4.78 is 12.3. The van der Waals surface area contributed by atoms with Gasteiger partial charge in [0, 0.05) is 36.8 Å². The molecule has 1 fully saturated rings. The molecule has 2 heterocycles. The highest BCUT2D eigenvalue weighted by Gasteiger charge is 2.19. The fourth-order valence-electron chi connectivity index (χ4n) is 3.93. The van der Waals surface area contributed by atoms with E-state index in [2.05, 4.69) is 4.90 Å². The van der Waals surface area contributed by atoms with Crippen molar-refractivity contribution in [1.29, 1.82) is 0 Å². The van der Waals surface area contributed by atoms with Crippen LogP contribution in [0.4, 0.5) is 0 Å². The predicted octanol–water partition coefficient (Wildman–Crippen LogP) is 2.49. The third kappa shape index (κ3) is 4.39. The second kappa shape index (κ2) is 9.43. The summed E-state index contributed by atoms with van der Waals surface area (Å²) >= 11 is 0. The van der Waals surface area contributed by atoms with E-state index >= 15 is 0 Å². The lowest BCUT2D eigenvalue weighted by atomic mass is 10.1. The number of carbonyl (C=O) groups is 1. The lowest BCUT2D eigenvalue weighted by molar-refractivity contribution is 0.0342. The van der Waals surface area contributed by atoms with Gasteiger partial charge in [0.25, 0.3) is 0 Å². The molecule has 1 N–H and O–H groups in total. The van der Waals surface area contributed by atoms with Gasteiger partial charge in [-0.3, -0.25) is 9.69 Å². The molecule has 2 aromatic carbocycles. The molecular formula is C24H26N2O5. The number of rotatable bonds is 6. The molecule has 162 valence electrons. The highest BCUT2D eigenvalue weighted by molar-refractivity contribution is 5.94. The van der Waals surface area contributed by atoms with E-state index in [1.165, 1.54) is 6.20 Å². The minimum Gasteiger partial charge on any atom is -0.462 e. The number of nitrogens with zero attached hydrogens (tertiary/aromatic N) is 2. The number of ether oxygens (including phenoxy) is 2. The number of hydrogen-bond donors (Lipinski definition) is 1. The van der Waals surface area contributed by atoms with Crippen molar-refractivity contribution in [2.24, 2.45) is 0 Å². The van der Waals surface area contributed by atoms with Gasteiger partial charge in [0.05, 0.1) is 37.6 Å². The van der Waals surface area contributed by atoms with Crippen LogP contribution in [0.15, 0.2) is 53.5 Å². The Balaban J connectivity index is 1.88. The maximum absolute atomic E-state index is 13.2. The Morgan fingerprint density at radius 1 is 1.16 bits per heavy atom. The van der Waals surface area contributed by atoms with Gasteiger partial charge in [-0.05, 0) is 30.7 Å². The maximum atomic E-state index is 13.2. The van der Waals surface area contributed by atoms with Gasteiger partial charge in [-0.2, -0.15) is 0 Å². The van der Waals surface area contributed by atoms with Gasteiger partial charge < -0.3 is 19.1 Å². The van der Waals surface area contributed by atoms with E-state index in [0.717, 1.165) is 18.7 Å². The van der Waals surface area contributed by atoms with E-state index in [1.807, 2.05) is 42.5 Å². The molecule has 0 amide bonds. The van der Waals surface area contributed by atoms with Gasteiger partial charge in [0.15, 0.2) is 0 Å². The quantitative estimate of drug-likeness (QED) is 0.615. The van der Waals surface area contributed by atoms with Crippen LogP contribution in [0.1, 0.15) is 28.4 Å². The van der Waals surface area contributed by atoms with Crippen molar-refractivity contribution in [1.82, 2.24) is 9.47 Å². The van der Waals surface area contributed by atoms with Crippen molar-refractivity contribution < 1.29 is 19.4 Å². The first-order chi connectivity index (χ1) is 15.1. The van der Waals surface area contributed by atoms with E-state index in [-0.39, 0.29) is 24.2 Å². The number of hydrogen-bond acceptors (Lipinski definition) is 6. The zero-order chi connectivity index (χ0) is 21.8. The molecule has 0 atom stereocenters. The monoisotopic (exact) mass is 422 g/mol. The zero-order valence-electron chi connectivity index (χ0n) is 17.5. The molecule has 3 aromatic rings. The molecular weight excluding hydrogens is 396 g/mol. The van der Waals surface area contributed by atoms with Crippen molar-refractivity contribution >= 4 is 16.9 Å². The average molecular weight is 422 g/mol. The number of esters is 1. The Morgan fingerprint density at radius 2 is 1.94 bits per heavy atom. The number of aliphatic hydroxyl groups is 1. The smallest absolute Gasteiger partial charge is 0.343 e. The number of carbonyl (C=O) groups excluding carboxylic acids is 1. The van der Waals surface area contributed by atoms with Crippen LogP contribution in [0.2, 0.25) is 0 Å². The zero-order valence-corrected chi connectivity index (χ0v) is 17.5. The Morgan fingerprint density at radius 3 is 2.68 bits per heavy atom. The standard InChI is InChI=1S/C24H26N2O5/c1-2-31-24(29)20-15-26(21-6-4-3-5-18(21)16-27)22-8-7-17(13-19(22)23(20)28)14-25-9-11-30-12-10-25/h3-8,13,15,27H,2,9-12,14,16H2,1H3. The van der Waals surface area contributed by atoms with Crippen LogP contribution in [-0.4, -0.2) is 53.5 Å². The summed E-state index contributed by atoms with van der Waals surface area (Å²) in [4.78, 5) is 28.0. The number of aromatic nitrogens is 1. The number of benzene rings is 2. The van der Waals surface area contributed by atoms with Crippen molar-refractivity contribution in [3.05, 3.63) is 75.6 Å². The summed E-state index contributed by atoms with van der Waals surface area (Å²) in [6.45, 7) is 5.52. The highest BCUT2D eigenvalue weighted by Crippen LogP contribution is 2.23. The van der Waals surface area contributed by atoms with Crippen molar-refractivity contribution in [3.8, 4) is 5.69 Å². The highest BCUT2D eigenvalue weighted by atomic mass is 16.5. The SMILES string of the molecule is CCOC(=O)c1cn(-c2ccccc2CO)c2ccc(CN3CCOCC3)cc2c1=O. The van der Waals surface area contributed by atoms with Crippen LogP contribution in [0.25, 0.3) is 16.6 Å². The molecule has 0 bridgehead atoms. The normalized spacial score (nSPS) is 14.6. The number of fused-ring (bicyclic) bond motifs is 1. The summed E-state index contributed by atoms with van der Waals surface area (Å²) in [5.41, 5.74) is 2.70. The van der Waals surface area contributed by atoms with Crippen molar-refractivity contribution in [2.75, 3.05) is 32.9 Å². The van der Waals surface area contributed by atoms with Gasteiger partial charge in [-0.1, -0.05) is 24.3 Å². The molecule has 4 rings (SSSR count). The molecule has 1 aromatic heterocycles. The molecule has 0 aliphatic carbocycles. The topological polar surface area (TPSA) is 81.0 Å². The van der Waals surface area contributed by atoms with Crippen LogP contribution >= 0.6 is 0 Å². The van der Waals surface area contributed by atoms with E-state index < -0.39 is 5.97 Å². The first-order valence-electron chi connectivity index (χ1n) is 10.5. The molecule has 1 aliphatic heterocycles. The van der Waals surface area contributed by atoms with Gasteiger partial charge in [-0.25, -0.2) is 4.79 Å². The summed E-state index contributed by atoms with van der Waals surface area (Å²) in [6, 6.07) is 13.1. The van der Waals surface area contributed by atoms with Crippen LogP contribution in [0.3, 0.4) is 0 Å². The first-order valence-corrected chi connectivity index (χ1v) is 10.5. The first kappa shape index (κ1) is 21.2. The Bertz CT molecular complexity index is 1150. The molecule has 0 saturated carbocycles. The minimum absolute atomic E-state index is 0.0226. The molecule has 0 radical (unpaired) electrons. The summed E-state index contributed by atoms with van der Waals surface area (Å²) in [5, 5.41) is 10.3. The Kier molecular flexibility index (Phi) is 6.46. The lowest BCUT2D eigenvalue weighted by Crippen LogP contribution is -2.35. The van der Waals surface area contributed by atoms with Crippen LogP contribution < -0.4 is 5.43 Å². The number of para-hydroxylation sites is 1. The molecule has 0 unspecified atom stereocenters. The summed E-state index contributed by atoms with van der Waals surface area (Å²) in [6.07, 6.45) is 1.51. The molecule has 7 nitrogen and oxygen atoms in total. The average Bonchev–Trinajstić information content (AvgIpc) is 2.80. The van der Waals surface area contributed by atoms with Gasteiger partial charge in [0.1, 0.15) is 5.56 Å². The predicted molar refractivity (Wildman–Crippen MR) is 118 cm³/mol. The molecule has 31 heavy (non-hydrogen) atoms. The largest absolute Gasteiger partial charge is 0.462 e. The van der Waals surface area contributed by atoms with Crippen LogP contribution in [0, 0.1) is 0 Å². The van der Waals surface area contributed by atoms with Gasteiger partial charge in [0.2, 0.25) is 5.43 Å². The molecule has 7 heteroatoms. The fraction of sp³-hybridized carbons (Fsp3) is 0.333. The summed E-state index contributed by atoms with van der Waals surface area (Å²) in [5.74, 6) is -0.650. The van der Waals surface area contributed by atoms with Crippen LogP contribution in [-0.2, 0) is 22.6 Å². The number of pyridine rings is 1. The summed E-state index contributed by atoms with van der Waals surface area (Å²) in [7, 11) is 0. The molecule has 1 aliphatic rings. The maximum Gasteiger partial charge on any atom is 0.343 e. The number of morpholine rings is 1. The Labute approximate surface area is 180 Å². The lowest BCUT2D eigenvalue weighted by Gasteiger charge is -2.26. The molecule has 0 spiro atoms. The van der Waals surface area contributed by atoms with E-state index in [0.29, 0.717) is 41.9 Å². The van der Waals surface area contributed by atoms with E-state index in [9.17, 15) is 14.7 Å². The second-order valence-electron chi connectivity index (χ2n) is 7.49. The van der Waals surface area contributed by atoms with Crippen LogP contribution in [0.5, 0.6) is 0 Å². The fourth-order valence-corrected chi connectivity index (χ4v) is 3.93. The third-order valence-corrected chi connectivity index (χ3v) is 5.49. The van der Waals surface area contributed by atoms with Crippen molar-refractivity contribution in [3.63, 3.8) is 0 Å². The van der Waals surface area contributed by atoms with E-state index in [1.54, 1.807) is 11.5 Å². The second-order valence-corrected chi connectivity index (χ2v) is 7.49. The van der Waals surface area contributed by atoms with Gasteiger partial charge >= 0.3 is 5.97 Å².